The van der Waals surface area contributed by atoms with Crippen molar-refractivity contribution >= 4 is 23.0 Å². The lowest BCUT2D eigenvalue weighted by atomic mass is 10.0. The molecule has 5 heteroatoms. The summed E-state index contributed by atoms with van der Waals surface area (Å²) in [4.78, 5) is 10.2. The van der Waals surface area contributed by atoms with Crippen LogP contribution in [0.4, 0.5) is 11.4 Å². The molecule has 0 bridgehead atoms. The highest BCUT2D eigenvalue weighted by Gasteiger charge is 2.10. The van der Waals surface area contributed by atoms with E-state index >= 15 is 0 Å². The van der Waals surface area contributed by atoms with Crippen molar-refractivity contribution < 1.29 is 4.92 Å². The van der Waals surface area contributed by atoms with Gasteiger partial charge in [-0.3, -0.25) is 10.1 Å². The zero-order chi connectivity index (χ0) is 12.8. The van der Waals surface area contributed by atoms with Crippen LogP contribution in [0.25, 0.3) is 0 Å². The molecule has 0 unspecified atom stereocenters. The third kappa shape index (κ3) is 3.89. The number of nitrogens with one attached hydrogen (secondary N) is 1. The molecule has 0 aliphatic heterocycles. The Kier molecular flexibility index (Phi) is 5.22. The van der Waals surface area contributed by atoms with E-state index < -0.39 is 4.92 Å². The first-order valence-corrected chi connectivity index (χ1v) is 6.14. The Bertz CT molecular complexity index is 392. The van der Waals surface area contributed by atoms with Crippen LogP contribution in [-0.2, 0) is 0 Å². The Morgan fingerprint density at radius 2 is 2.06 bits per heavy atom. The van der Waals surface area contributed by atoms with Crippen molar-refractivity contribution in [1.82, 2.24) is 0 Å². The number of anilines is 1. The molecule has 0 saturated heterocycles. The number of nitro groups is 1. The van der Waals surface area contributed by atoms with E-state index in [2.05, 4.69) is 19.2 Å². The molecule has 0 spiro atoms. The lowest BCUT2D eigenvalue weighted by Gasteiger charge is -2.14. The standard InChI is InChI=1S/C12H17ClN2O2/c1-3-9(4-2)8-14-12-7-10(15(16)17)5-6-11(12)13/h5-7,9,14H,3-4,8H2,1-2H3. The highest BCUT2D eigenvalue weighted by molar-refractivity contribution is 6.33. The van der Waals surface area contributed by atoms with E-state index in [4.69, 9.17) is 11.6 Å². The van der Waals surface area contributed by atoms with Crippen LogP contribution in [0.15, 0.2) is 18.2 Å². The van der Waals surface area contributed by atoms with Gasteiger partial charge in [0.05, 0.1) is 15.6 Å². The molecule has 0 saturated carbocycles. The summed E-state index contributed by atoms with van der Waals surface area (Å²) in [5, 5.41) is 14.3. The third-order valence-corrected chi connectivity index (χ3v) is 3.23. The minimum atomic E-state index is -0.418. The van der Waals surface area contributed by atoms with Gasteiger partial charge in [0.15, 0.2) is 0 Å². The van der Waals surface area contributed by atoms with Crippen LogP contribution in [0.5, 0.6) is 0 Å². The molecule has 0 fully saturated rings. The monoisotopic (exact) mass is 256 g/mol. The predicted molar refractivity (Wildman–Crippen MR) is 70.7 cm³/mol. The molecule has 17 heavy (non-hydrogen) atoms. The molecule has 4 nitrogen and oxygen atoms in total. The van der Waals surface area contributed by atoms with Crippen molar-refractivity contribution in [3.63, 3.8) is 0 Å². The van der Waals surface area contributed by atoms with Crippen LogP contribution in [0.2, 0.25) is 5.02 Å². The molecule has 0 aromatic heterocycles. The quantitative estimate of drug-likeness (QED) is 0.616. The van der Waals surface area contributed by atoms with Gasteiger partial charge in [0.2, 0.25) is 0 Å². The molecule has 1 N–H and O–H groups in total. The van der Waals surface area contributed by atoms with Crippen LogP contribution >= 0.6 is 11.6 Å². The van der Waals surface area contributed by atoms with Crippen molar-refractivity contribution in [3.05, 3.63) is 33.3 Å². The maximum absolute atomic E-state index is 10.6. The van der Waals surface area contributed by atoms with Gasteiger partial charge in [0.25, 0.3) is 5.69 Å². The summed E-state index contributed by atoms with van der Waals surface area (Å²) >= 11 is 5.99. The number of hydrogen-bond acceptors (Lipinski definition) is 3. The zero-order valence-electron chi connectivity index (χ0n) is 10.1. The molecule has 0 amide bonds. The zero-order valence-corrected chi connectivity index (χ0v) is 10.8. The Morgan fingerprint density at radius 1 is 1.41 bits per heavy atom. The molecular formula is C12H17ClN2O2. The van der Waals surface area contributed by atoms with Crippen LogP contribution in [0.1, 0.15) is 26.7 Å². The Labute approximate surface area is 106 Å². The van der Waals surface area contributed by atoms with Gasteiger partial charge in [0, 0.05) is 18.7 Å². The number of nitrogens with zero attached hydrogens (tertiary/aromatic N) is 1. The summed E-state index contributed by atoms with van der Waals surface area (Å²) < 4.78 is 0. The first-order chi connectivity index (χ1) is 8.08. The van der Waals surface area contributed by atoms with Gasteiger partial charge < -0.3 is 5.32 Å². The van der Waals surface area contributed by atoms with Gasteiger partial charge in [-0.05, 0) is 12.0 Å². The van der Waals surface area contributed by atoms with E-state index in [1.807, 2.05) is 0 Å². The highest BCUT2D eigenvalue weighted by Crippen LogP contribution is 2.27. The topological polar surface area (TPSA) is 55.2 Å². The van der Waals surface area contributed by atoms with Crippen LogP contribution in [-0.4, -0.2) is 11.5 Å². The number of hydrogen-bond donors (Lipinski definition) is 1. The first kappa shape index (κ1) is 13.8. The largest absolute Gasteiger partial charge is 0.383 e. The molecule has 0 radical (unpaired) electrons. The van der Waals surface area contributed by atoms with E-state index in [9.17, 15) is 10.1 Å². The lowest BCUT2D eigenvalue weighted by molar-refractivity contribution is -0.384. The summed E-state index contributed by atoms with van der Waals surface area (Å²) in [5.74, 6) is 0.560. The van der Waals surface area contributed by atoms with E-state index in [-0.39, 0.29) is 5.69 Å². The average Bonchev–Trinajstić information content (AvgIpc) is 2.32. The summed E-state index contributed by atoms with van der Waals surface area (Å²) in [6.45, 7) is 5.05. The van der Waals surface area contributed by atoms with E-state index in [1.165, 1.54) is 12.1 Å². The van der Waals surface area contributed by atoms with Gasteiger partial charge in [-0.15, -0.1) is 0 Å². The smallest absolute Gasteiger partial charge is 0.271 e. The molecule has 1 aromatic rings. The second kappa shape index (κ2) is 6.45. The summed E-state index contributed by atoms with van der Waals surface area (Å²) in [6, 6.07) is 4.43. The number of benzene rings is 1. The molecule has 0 heterocycles. The molecular weight excluding hydrogens is 240 g/mol. The molecule has 94 valence electrons. The van der Waals surface area contributed by atoms with Crippen molar-refractivity contribution in [2.24, 2.45) is 5.92 Å². The van der Waals surface area contributed by atoms with Crippen molar-refractivity contribution in [2.45, 2.75) is 26.7 Å². The fourth-order valence-electron chi connectivity index (χ4n) is 1.59. The average molecular weight is 257 g/mol. The Balaban J connectivity index is 2.75. The van der Waals surface area contributed by atoms with Crippen LogP contribution < -0.4 is 5.32 Å². The Morgan fingerprint density at radius 3 is 2.59 bits per heavy atom. The lowest BCUT2D eigenvalue weighted by Crippen LogP contribution is -2.13. The van der Waals surface area contributed by atoms with Gasteiger partial charge in [-0.1, -0.05) is 38.3 Å². The number of rotatable bonds is 6. The molecule has 0 aliphatic carbocycles. The predicted octanol–water partition coefficient (Wildman–Crippen LogP) is 4.10. The fraction of sp³-hybridized carbons (Fsp3) is 0.500. The van der Waals surface area contributed by atoms with Crippen molar-refractivity contribution in [1.29, 1.82) is 0 Å². The van der Waals surface area contributed by atoms with Gasteiger partial charge in [-0.2, -0.15) is 0 Å². The van der Waals surface area contributed by atoms with E-state index in [1.54, 1.807) is 6.07 Å². The van der Waals surface area contributed by atoms with E-state index in [0.29, 0.717) is 16.6 Å². The number of halogens is 1. The molecule has 1 aromatic carbocycles. The molecule has 0 atom stereocenters. The minimum Gasteiger partial charge on any atom is -0.383 e. The summed E-state index contributed by atoms with van der Waals surface area (Å²) in [5.41, 5.74) is 0.689. The normalized spacial score (nSPS) is 10.6. The van der Waals surface area contributed by atoms with Crippen molar-refractivity contribution in [2.75, 3.05) is 11.9 Å². The molecule has 0 aliphatic rings. The fourth-order valence-corrected chi connectivity index (χ4v) is 1.78. The molecule has 1 rings (SSSR count). The highest BCUT2D eigenvalue weighted by atomic mass is 35.5. The van der Waals surface area contributed by atoms with Crippen LogP contribution in [0, 0.1) is 16.0 Å². The summed E-state index contributed by atoms with van der Waals surface area (Å²) in [7, 11) is 0. The van der Waals surface area contributed by atoms with Crippen molar-refractivity contribution in [3.8, 4) is 0 Å². The number of non-ortho nitro benzene ring substituents is 1. The maximum Gasteiger partial charge on any atom is 0.271 e. The second-order valence-corrected chi connectivity index (χ2v) is 4.39. The van der Waals surface area contributed by atoms with Gasteiger partial charge in [0.1, 0.15) is 0 Å². The van der Waals surface area contributed by atoms with E-state index in [0.717, 1.165) is 19.4 Å². The van der Waals surface area contributed by atoms with Gasteiger partial charge >= 0.3 is 0 Å². The van der Waals surface area contributed by atoms with Crippen LogP contribution in [0.3, 0.4) is 0 Å². The maximum atomic E-state index is 10.6. The SMILES string of the molecule is CCC(CC)CNc1cc([N+](=O)[O-])ccc1Cl. The second-order valence-electron chi connectivity index (χ2n) is 3.98. The third-order valence-electron chi connectivity index (χ3n) is 2.90. The number of nitro benzene ring substituents is 1. The Hall–Kier alpha value is -1.29. The first-order valence-electron chi connectivity index (χ1n) is 5.76. The summed E-state index contributed by atoms with van der Waals surface area (Å²) in [6.07, 6.45) is 2.16. The van der Waals surface area contributed by atoms with Gasteiger partial charge in [-0.25, -0.2) is 0 Å². The minimum absolute atomic E-state index is 0.0569.